The van der Waals surface area contributed by atoms with E-state index in [0.717, 1.165) is 6.07 Å². The lowest BCUT2D eigenvalue weighted by Crippen LogP contribution is -2.48. The van der Waals surface area contributed by atoms with Gasteiger partial charge in [-0.25, -0.2) is 17.5 Å². The maximum atomic E-state index is 13.5. The lowest BCUT2D eigenvalue weighted by molar-refractivity contribution is 0.459. The van der Waals surface area contributed by atoms with E-state index in [1.807, 2.05) is 0 Å². The van der Waals surface area contributed by atoms with Crippen molar-refractivity contribution in [2.24, 2.45) is 5.73 Å². The Morgan fingerprint density at radius 3 is 2.44 bits per heavy atom. The number of benzene rings is 1. The second-order valence-electron chi connectivity index (χ2n) is 4.24. The smallest absolute Gasteiger partial charge is 0.245 e. The number of hydrogen-bond acceptors (Lipinski definition) is 3. The molecule has 0 aliphatic rings. The lowest BCUT2D eigenvalue weighted by atomic mass is 10.1. The second-order valence-corrected chi connectivity index (χ2v) is 6.27. The van der Waals surface area contributed by atoms with E-state index < -0.39 is 26.3 Å². The Balaban J connectivity index is 0.00000289. The molecule has 1 aromatic rings. The van der Waals surface area contributed by atoms with Crippen LogP contribution < -0.4 is 10.5 Å². The maximum Gasteiger partial charge on any atom is 0.245 e. The standard InChI is InChI=1S/C10H14ClFN2O2S.ClH/c1-10(2,6-13)14-17(15,16)9-7(11)4-3-5-8(9)12;/h3-5,14H,6,13H2,1-2H3;1H. The van der Waals surface area contributed by atoms with Crippen LogP contribution in [0.3, 0.4) is 0 Å². The zero-order valence-corrected chi connectivity index (χ0v) is 12.3. The first-order chi connectivity index (χ1) is 7.69. The first-order valence-corrected chi connectivity index (χ1v) is 6.74. The van der Waals surface area contributed by atoms with Crippen molar-refractivity contribution in [3.05, 3.63) is 29.0 Å². The van der Waals surface area contributed by atoms with Crippen LogP contribution in [-0.2, 0) is 10.0 Å². The summed E-state index contributed by atoms with van der Waals surface area (Å²) in [7, 11) is -4.03. The van der Waals surface area contributed by atoms with Gasteiger partial charge in [0, 0.05) is 12.1 Å². The molecule has 0 aliphatic heterocycles. The van der Waals surface area contributed by atoms with Gasteiger partial charge < -0.3 is 5.73 Å². The fraction of sp³-hybridized carbons (Fsp3) is 0.400. The highest BCUT2D eigenvalue weighted by Crippen LogP contribution is 2.24. The van der Waals surface area contributed by atoms with Crippen LogP contribution in [-0.4, -0.2) is 20.5 Å². The van der Waals surface area contributed by atoms with Gasteiger partial charge in [-0.15, -0.1) is 12.4 Å². The van der Waals surface area contributed by atoms with Gasteiger partial charge in [-0.05, 0) is 26.0 Å². The predicted molar refractivity (Wildman–Crippen MR) is 72.1 cm³/mol. The van der Waals surface area contributed by atoms with Gasteiger partial charge in [0.15, 0.2) is 0 Å². The maximum absolute atomic E-state index is 13.5. The summed E-state index contributed by atoms with van der Waals surface area (Å²) in [5.41, 5.74) is 4.54. The third-order valence-electron chi connectivity index (χ3n) is 2.11. The highest BCUT2D eigenvalue weighted by atomic mass is 35.5. The van der Waals surface area contributed by atoms with Gasteiger partial charge in [0.25, 0.3) is 0 Å². The fourth-order valence-corrected chi connectivity index (χ4v) is 3.23. The Bertz CT molecular complexity index is 500. The number of sulfonamides is 1. The van der Waals surface area contributed by atoms with Crippen LogP contribution in [0.4, 0.5) is 4.39 Å². The topological polar surface area (TPSA) is 72.2 Å². The SMILES string of the molecule is CC(C)(CN)NS(=O)(=O)c1c(F)cccc1Cl.Cl. The van der Waals surface area contributed by atoms with Gasteiger partial charge in [0.2, 0.25) is 10.0 Å². The summed E-state index contributed by atoms with van der Waals surface area (Å²) in [6.07, 6.45) is 0. The molecule has 0 aromatic heterocycles. The quantitative estimate of drug-likeness (QED) is 0.891. The third kappa shape index (κ3) is 4.07. The molecule has 0 fully saturated rings. The Labute approximate surface area is 117 Å². The van der Waals surface area contributed by atoms with Crippen LogP contribution in [0.5, 0.6) is 0 Å². The van der Waals surface area contributed by atoms with Crippen LogP contribution in [0.1, 0.15) is 13.8 Å². The minimum absolute atomic E-state index is 0. The van der Waals surface area contributed by atoms with E-state index in [0.29, 0.717) is 0 Å². The molecule has 1 aromatic carbocycles. The molecular weight excluding hydrogens is 302 g/mol. The van der Waals surface area contributed by atoms with Crippen molar-refractivity contribution in [2.45, 2.75) is 24.3 Å². The highest BCUT2D eigenvalue weighted by Gasteiger charge is 2.29. The summed E-state index contributed by atoms with van der Waals surface area (Å²) in [5, 5.41) is -0.162. The van der Waals surface area contributed by atoms with Crippen molar-refractivity contribution in [1.82, 2.24) is 4.72 Å². The second kappa shape index (κ2) is 6.16. The molecule has 0 saturated heterocycles. The van der Waals surface area contributed by atoms with Gasteiger partial charge in [0.05, 0.1) is 5.02 Å². The van der Waals surface area contributed by atoms with Crippen molar-refractivity contribution >= 4 is 34.0 Å². The first kappa shape index (κ1) is 17.6. The molecule has 4 nitrogen and oxygen atoms in total. The van der Waals surface area contributed by atoms with E-state index in [1.165, 1.54) is 12.1 Å². The molecule has 0 aliphatic carbocycles. The zero-order valence-electron chi connectivity index (χ0n) is 9.91. The molecule has 0 saturated carbocycles. The molecule has 0 bridgehead atoms. The molecular formula is C10H15Cl2FN2O2S. The summed E-state index contributed by atoms with van der Waals surface area (Å²) in [6.45, 7) is 3.27. The van der Waals surface area contributed by atoms with E-state index in [4.69, 9.17) is 17.3 Å². The predicted octanol–water partition coefficient (Wildman–Crippen LogP) is 1.92. The van der Waals surface area contributed by atoms with E-state index in [2.05, 4.69) is 4.72 Å². The van der Waals surface area contributed by atoms with Crippen LogP contribution in [0.25, 0.3) is 0 Å². The van der Waals surface area contributed by atoms with Gasteiger partial charge >= 0.3 is 0 Å². The number of nitrogens with two attached hydrogens (primary N) is 1. The van der Waals surface area contributed by atoms with Crippen LogP contribution >= 0.6 is 24.0 Å². The highest BCUT2D eigenvalue weighted by molar-refractivity contribution is 7.89. The van der Waals surface area contributed by atoms with Crippen LogP contribution in [0.2, 0.25) is 5.02 Å². The van der Waals surface area contributed by atoms with Crippen molar-refractivity contribution in [3.8, 4) is 0 Å². The molecule has 3 N–H and O–H groups in total. The molecule has 0 heterocycles. The molecule has 104 valence electrons. The largest absolute Gasteiger partial charge is 0.329 e. The molecule has 0 radical (unpaired) electrons. The van der Waals surface area contributed by atoms with Gasteiger partial charge in [-0.2, -0.15) is 0 Å². The van der Waals surface area contributed by atoms with Crippen LogP contribution in [0, 0.1) is 5.82 Å². The lowest BCUT2D eigenvalue weighted by Gasteiger charge is -2.24. The minimum Gasteiger partial charge on any atom is -0.329 e. The first-order valence-electron chi connectivity index (χ1n) is 4.88. The van der Waals surface area contributed by atoms with E-state index in [9.17, 15) is 12.8 Å². The Morgan fingerprint density at radius 1 is 1.44 bits per heavy atom. The third-order valence-corrected chi connectivity index (χ3v) is 4.31. The van der Waals surface area contributed by atoms with Crippen LogP contribution in [0.15, 0.2) is 23.1 Å². The summed E-state index contributed by atoms with van der Waals surface area (Å²) in [4.78, 5) is -0.553. The Morgan fingerprint density at radius 2 is 2.00 bits per heavy atom. The van der Waals surface area contributed by atoms with Crippen molar-refractivity contribution in [2.75, 3.05) is 6.54 Å². The average molecular weight is 317 g/mol. The van der Waals surface area contributed by atoms with E-state index >= 15 is 0 Å². The summed E-state index contributed by atoms with van der Waals surface area (Å²) in [5.74, 6) is -0.891. The van der Waals surface area contributed by atoms with E-state index in [1.54, 1.807) is 13.8 Å². The zero-order chi connectivity index (χ0) is 13.3. The summed E-state index contributed by atoms with van der Waals surface area (Å²) < 4.78 is 39.7. The molecule has 1 rings (SSSR count). The van der Waals surface area contributed by atoms with Gasteiger partial charge in [-0.1, -0.05) is 17.7 Å². The normalized spacial score (nSPS) is 12.1. The van der Waals surface area contributed by atoms with Gasteiger partial charge in [0.1, 0.15) is 10.7 Å². The summed E-state index contributed by atoms with van der Waals surface area (Å²) >= 11 is 5.70. The van der Waals surface area contributed by atoms with Crippen molar-refractivity contribution in [1.29, 1.82) is 0 Å². The molecule has 8 heteroatoms. The number of halogens is 3. The van der Waals surface area contributed by atoms with E-state index in [-0.39, 0.29) is 24.0 Å². The van der Waals surface area contributed by atoms with Crippen molar-refractivity contribution in [3.63, 3.8) is 0 Å². The molecule has 0 atom stereocenters. The summed E-state index contributed by atoms with van der Waals surface area (Å²) in [6, 6.07) is 3.69. The molecule has 0 unspecified atom stereocenters. The molecule has 18 heavy (non-hydrogen) atoms. The van der Waals surface area contributed by atoms with Crippen molar-refractivity contribution < 1.29 is 12.8 Å². The Kier molecular flexibility index (Phi) is 6.03. The molecule has 0 spiro atoms. The Hall–Kier alpha value is -0.400. The number of rotatable bonds is 4. The van der Waals surface area contributed by atoms with Gasteiger partial charge in [-0.3, -0.25) is 0 Å². The fourth-order valence-electron chi connectivity index (χ4n) is 1.20. The minimum atomic E-state index is -4.03. The monoisotopic (exact) mass is 316 g/mol. The number of hydrogen-bond donors (Lipinski definition) is 2. The molecule has 0 amide bonds. The number of nitrogens with one attached hydrogen (secondary N) is 1. The average Bonchev–Trinajstić information content (AvgIpc) is 2.15.